The molecule has 0 aromatic heterocycles. The van der Waals surface area contributed by atoms with E-state index in [2.05, 4.69) is 31.9 Å². The predicted octanol–water partition coefficient (Wildman–Crippen LogP) is 4.82. The smallest absolute Gasteiger partial charge is 0.141 e. The van der Waals surface area contributed by atoms with Crippen LogP contribution in [0.1, 0.15) is 18.6 Å². The molecule has 0 aliphatic rings. The minimum atomic E-state index is -0.361. The van der Waals surface area contributed by atoms with Crippen LogP contribution in [0.5, 0.6) is 5.75 Å². The molecular formula is C15H14Br2FNO. The number of nitrogens with two attached hydrogens (primary N) is 1. The molecule has 0 saturated heterocycles. The Kier molecular flexibility index (Phi) is 5.18. The molecule has 2 N–H and O–H groups in total. The molecule has 2 aromatic carbocycles. The summed E-state index contributed by atoms with van der Waals surface area (Å²) in [6, 6.07) is 12.2. The summed E-state index contributed by atoms with van der Waals surface area (Å²) in [4.78, 5) is 0. The summed E-state index contributed by atoms with van der Waals surface area (Å²) >= 11 is 6.54. The number of ether oxygens (including phenoxy) is 1. The molecule has 5 heteroatoms. The van der Waals surface area contributed by atoms with Gasteiger partial charge in [0.15, 0.2) is 0 Å². The molecule has 0 spiro atoms. The van der Waals surface area contributed by atoms with Crippen molar-refractivity contribution in [2.24, 2.45) is 5.73 Å². The maximum Gasteiger partial charge on any atom is 0.141 e. The average Bonchev–Trinajstić information content (AvgIpc) is 2.39. The van der Waals surface area contributed by atoms with Crippen LogP contribution >= 0.6 is 31.9 Å². The van der Waals surface area contributed by atoms with Crippen molar-refractivity contribution in [2.75, 3.05) is 0 Å². The number of rotatable bonds is 4. The van der Waals surface area contributed by atoms with Crippen LogP contribution in [0.4, 0.5) is 4.39 Å². The first-order chi connectivity index (χ1) is 9.47. The molecule has 0 amide bonds. The number of hydrogen-bond donors (Lipinski definition) is 1. The molecule has 0 heterocycles. The van der Waals surface area contributed by atoms with Gasteiger partial charge in [0.2, 0.25) is 0 Å². The second-order valence-corrected chi connectivity index (χ2v) is 6.30. The van der Waals surface area contributed by atoms with E-state index in [9.17, 15) is 4.39 Å². The molecule has 0 radical (unpaired) electrons. The van der Waals surface area contributed by atoms with Crippen molar-refractivity contribution < 1.29 is 9.13 Å². The van der Waals surface area contributed by atoms with E-state index in [4.69, 9.17) is 10.5 Å². The Morgan fingerprint density at radius 3 is 2.50 bits per heavy atom. The highest BCUT2D eigenvalue weighted by molar-refractivity contribution is 9.10. The first-order valence-electron chi connectivity index (χ1n) is 6.10. The molecule has 106 valence electrons. The lowest BCUT2D eigenvalue weighted by Crippen LogP contribution is -2.29. The van der Waals surface area contributed by atoms with Crippen LogP contribution in [0.2, 0.25) is 0 Å². The van der Waals surface area contributed by atoms with Gasteiger partial charge in [0.1, 0.15) is 17.7 Å². The maximum absolute atomic E-state index is 13.5. The molecule has 0 aliphatic carbocycles. The maximum atomic E-state index is 13.5. The fraction of sp³-hybridized carbons (Fsp3) is 0.200. The number of benzene rings is 2. The van der Waals surface area contributed by atoms with Gasteiger partial charge in [-0.1, -0.05) is 28.1 Å². The number of halogens is 3. The van der Waals surface area contributed by atoms with Gasteiger partial charge in [0.05, 0.1) is 4.47 Å². The van der Waals surface area contributed by atoms with Crippen LogP contribution in [0.3, 0.4) is 0 Å². The van der Waals surface area contributed by atoms with E-state index in [1.807, 2.05) is 31.2 Å². The zero-order valence-corrected chi connectivity index (χ0v) is 14.0. The molecule has 2 aromatic rings. The second-order valence-electron chi connectivity index (χ2n) is 4.53. The Bertz CT molecular complexity index is 604. The van der Waals surface area contributed by atoms with Crippen molar-refractivity contribution >= 4 is 31.9 Å². The SMILES string of the molecule is CC(N)C(Oc1ccc(Br)c(F)c1)c1cccc(Br)c1. The summed E-state index contributed by atoms with van der Waals surface area (Å²) in [5, 5.41) is 0. The van der Waals surface area contributed by atoms with E-state index >= 15 is 0 Å². The Morgan fingerprint density at radius 2 is 1.90 bits per heavy atom. The fourth-order valence-electron chi connectivity index (χ4n) is 1.86. The van der Waals surface area contributed by atoms with Crippen LogP contribution in [0.25, 0.3) is 0 Å². The Morgan fingerprint density at radius 1 is 1.15 bits per heavy atom. The summed E-state index contributed by atoms with van der Waals surface area (Å²) in [6.45, 7) is 1.86. The minimum Gasteiger partial charge on any atom is -0.484 e. The van der Waals surface area contributed by atoms with Gasteiger partial charge in [-0.3, -0.25) is 0 Å². The van der Waals surface area contributed by atoms with Crippen molar-refractivity contribution in [1.29, 1.82) is 0 Å². The molecule has 2 atom stereocenters. The van der Waals surface area contributed by atoms with Crippen molar-refractivity contribution in [3.05, 3.63) is 62.8 Å². The van der Waals surface area contributed by atoms with Crippen LogP contribution in [0, 0.1) is 5.82 Å². The molecule has 2 nitrogen and oxygen atoms in total. The summed E-state index contributed by atoms with van der Waals surface area (Å²) in [7, 11) is 0. The van der Waals surface area contributed by atoms with Crippen molar-refractivity contribution in [3.8, 4) is 5.75 Å². The normalized spacial score (nSPS) is 13.8. The van der Waals surface area contributed by atoms with Gasteiger partial charge in [-0.25, -0.2) is 4.39 Å². The largest absolute Gasteiger partial charge is 0.484 e. The Labute approximate surface area is 134 Å². The molecular weight excluding hydrogens is 389 g/mol. The average molecular weight is 403 g/mol. The van der Waals surface area contributed by atoms with Gasteiger partial charge < -0.3 is 10.5 Å². The standard InChI is InChI=1S/C15H14Br2FNO/c1-9(19)15(10-3-2-4-11(16)7-10)20-12-5-6-13(17)14(18)8-12/h2-9,15H,19H2,1H3. The van der Waals surface area contributed by atoms with Crippen molar-refractivity contribution in [3.63, 3.8) is 0 Å². The highest BCUT2D eigenvalue weighted by Gasteiger charge is 2.19. The van der Waals surface area contributed by atoms with E-state index in [-0.39, 0.29) is 18.0 Å². The van der Waals surface area contributed by atoms with Gasteiger partial charge in [-0.15, -0.1) is 0 Å². The van der Waals surface area contributed by atoms with Gasteiger partial charge in [0.25, 0.3) is 0 Å². The van der Waals surface area contributed by atoms with Crippen LogP contribution < -0.4 is 10.5 Å². The van der Waals surface area contributed by atoms with Gasteiger partial charge in [-0.05, 0) is 52.7 Å². The highest BCUT2D eigenvalue weighted by atomic mass is 79.9. The summed E-state index contributed by atoms with van der Waals surface area (Å²) in [5.41, 5.74) is 6.93. The van der Waals surface area contributed by atoms with Crippen molar-refractivity contribution in [1.82, 2.24) is 0 Å². The van der Waals surface area contributed by atoms with Gasteiger partial charge in [0, 0.05) is 16.6 Å². The second kappa shape index (κ2) is 6.70. The third kappa shape index (κ3) is 3.81. The minimum absolute atomic E-state index is 0.226. The van der Waals surface area contributed by atoms with Crippen LogP contribution in [-0.2, 0) is 0 Å². The quantitative estimate of drug-likeness (QED) is 0.795. The predicted molar refractivity (Wildman–Crippen MR) is 85.3 cm³/mol. The third-order valence-electron chi connectivity index (χ3n) is 2.81. The van der Waals surface area contributed by atoms with Crippen LogP contribution in [0.15, 0.2) is 51.4 Å². The molecule has 2 rings (SSSR count). The Balaban J connectivity index is 2.28. The molecule has 2 unspecified atom stereocenters. The molecule has 0 saturated carbocycles. The lowest BCUT2D eigenvalue weighted by Gasteiger charge is -2.23. The van der Waals surface area contributed by atoms with Crippen molar-refractivity contribution in [2.45, 2.75) is 19.1 Å². The lowest BCUT2D eigenvalue weighted by molar-refractivity contribution is 0.179. The van der Waals surface area contributed by atoms with E-state index < -0.39 is 0 Å². The highest BCUT2D eigenvalue weighted by Crippen LogP contribution is 2.28. The van der Waals surface area contributed by atoms with E-state index in [0.717, 1.165) is 10.0 Å². The number of hydrogen-bond acceptors (Lipinski definition) is 2. The van der Waals surface area contributed by atoms with E-state index in [0.29, 0.717) is 10.2 Å². The lowest BCUT2D eigenvalue weighted by atomic mass is 10.0. The first kappa shape index (κ1) is 15.5. The Hall–Kier alpha value is -0.910. The molecule has 0 fully saturated rings. The zero-order chi connectivity index (χ0) is 14.7. The molecule has 0 aliphatic heterocycles. The summed E-state index contributed by atoms with van der Waals surface area (Å²) < 4.78 is 20.7. The molecule has 0 bridgehead atoms. The van der Waals surface area contributed by atoms with E-state index in [1.54, 1.807) is 12.1 Å². The molecule has 20 heavy (non-hydrogen) atoms. The summed E-state index contributed by atoms with van der Waals surface area (Å²) in [6.07, 6.45) is -0.340. The van der Waals surface area contributed by atoms with Crippen LogP contribution in [-0.4, -0.2) is 6.04 Å². The van der Waals surface area contributed by atoms with Gasteiger partial charge >= 0.3 is 0 Å². The zero-order valence-electron chi connectivity index (χ0n) is 10.8. The topological polar surface area (TPSA) is 35.2 Å². The van der Waals surface area contributed by atoms with Gasteiger partial charge in [-0.2, -0.15) is 0 Å². The third-order valence-corrected chi connectivity index (χ3v) is 3.95. The van der Waals surface area contributed by atoms with E-state index in [1.165, 1.54) is 6.07 Å². The summed E-state index contributed by atoms with van der Waals surface area (Å²) in [5.74, 6) is 0.0909. The fourth-order valence-corrected chi connectivity index (χ4v) is 2.52. The first-order valence-corrected chi connectivity index (χ1v) is 7.68. The monoisotopic (exact) mass is 401 g/mol.